The number of aromatic nitrogens is 3. The van der Waals surface area contributed by atoms with Gasteiger partial charge in [-0.3, -0.25) is 0 Å². The molecule has 0 amide bonds. The molecular weight excluding hydrogens is 832 g/mol. The molecule has 0 fully saturated rings. The van der Waals surface area contributed by atoms with Gasteiger partial charge in [0.25, 0.3) is 13.4 Å². The number of hydrogen-bond acceptors (Lipinski definition) is 3. The van der Waals surface area contributed by atoms with E-state index in [0.29, 0.717) is 0 Å². The highest BCUT2D eigenvalue weighted by atomic mass is 16.5. The van der Waals surface area contributed by atoms with Gasteiger partial charge in [0.1, 0.15) is 34.2 Å². The van der Waals surface area contributed by atoms with E-state index in [1.807, 2.05) is 0 Å². The molecule has 0 unspecified atom stereocenters. The van der Waals surface area contributed by atoms with Gasteiger partial charge in [-0.25, -0.2) is 0 Å². The molecule has 4 aromatic heterocycles. The monoisotopic (exact) mass is 863 g/mol. The third-order valence-corrected chi connectivity index (χ3v) is 15.9. The van der Waals surface area contributed by atoms with Crippen molar-refractivity contribution in [2.24, 2.45) is 0 Å². The summed E-state index contributed by atoms with van der Waals surface area (Å²) in [4.78, 5) is 0. The van der Waals surface area contributed by atoms with Crippen LogP contribution in [0.2, 0.25) is 0 Å². The van der Waals surface area contributed by atoms with Crippen LogP contribution < -0.4 is 42.3 Å². The van der Waals surface area contributed by atoms with E-state index < -0.39 is 0 Å². The van der Waals surface area contributed by atoms with Crippen molar-refractivity contribution in [3.63, 3.8) is 0 Å². The summed E-state index contributed by atoms with van der Waals surface area (Å²) in [5.74, 6) is 3.36. The van der Waals surface area contributed by atoms with Gasteiger partial charge >= 0.3 is 0 Å². The van der Waals surface area contributed by atoms with E-state index in [0.717, 1.165) is 72.6 Å². The Morgan fingerprint density at radius 1 is 0.338 bits per heavy atom. The first-order chi connectivity index (χ1) is 33.7. The minimum atomic E-state index is -0.111. The third-order valence-electron chi connectivity index (χ3n) is 15.9. The van der Waals surface area contributed by atoms with Crippen LogP contribution in [0.5, 0.6) is 23.0 Å². The minimum Gasteiger partial charge on any atom is -0.458 e. The fourth-order valence-electron chi connectivity index (χ4n) is 13.4. The highest BCUT2D eigenvalue weighted by Crippen LogP contribution is 2.46. The van der Waals surface area contributed by atoms with Crippen LogP contribution in [-0.4, -0.2) is 27.1 Å². The highest BCUT2D eigenvalue weighted by molar-refractivity contribution is 7.03. The standard InChI is InChI=1S/C60H31B2N3O3/c1-6-19-45-34(12-1)35-13-2-7-20-46(35)63(45)32-24-26-41-50(28-32)66-52-31-53-56-59-55(52)61(41)43-18-11-17-39-54-58(65(59)57(39)43)44(30-40-38-16-5-10-23-49(38)68-60(40)54)62(56)42-27-25-33(29-51(42)67-53)64-47-21-8-3-14-36(47)37-15-4-9-22-48(37)64/h1-31H. The molecule has 8 heterocycles. The Morgan fingerprint density at radius 3 is 1.41 bits per heavy atom. The molecule has 6 nitrogen and oxygen atoms in total. The SMILES string of the molecule is c1ccc2c(c1)oc1c2cc2c3c1c1cccc4c1n3-c1c3c(cc5c1B2c1ccc(-n2c6ccccc6c6ccccc62)cc1O5)Oc1cc(-n2c5ccccc5c5ccccc52)ccc1B34. The summed E-state index contributed by atoms with van der Waals surface area (Å²) in [7, 11) is 0. The van der Waals surface area contributed by atoms with E-state index in [1.165, 1.54) is 87.6 Å². The van der Waals surface area contributed by atoms with E-state index in [-0.39, 0.29) is 13.4 Å². The molecule has 14 aromatic rings. The molecule has 0 N–H and O–H groups in total. The molecular formula is C60H31B2N3O3. The van der Waals surface area contributed by atoms with Crippen LogP contribution in [0.3, 0.4) is 0 Å². The zero-order valence-electron chi connectivity index (χ0n) is 36.1. The van der Waals surface area contributed by atoms with Crippen molar-refractivity contribution in [2.75, 3.05) is 0 Å². The first-order valence-corrected chi connectivity index (χ1v) is 23.5. The van der Waals surface area contributed by atoms with Crippen molar-refractivity contribution >= 4 is 134 Å². The van der Waals surface area contributed by atoms with Gasteiger partial charge in [-0.2, -0.15) is 0 Å². The Bertz CT molecular complexity index is 4620. The van der Waals surface area contributed by atoms with Crippen LogP contribution in [0, 0.1) is 0 Å². The largest absolute Gasteiger partial charge is 0.458 e. The molecule has 0 saturated heterocycles. The summed E-state index contributed by atoms with van der Waals surface area (Å²) >= 11 is 0. The van der Waals surface area contributed by atoms with E-state index >= 15 is 0 Å². The summed E-state index contributed by atoms with van der Waals surface area (Å²) in [5, 5.41) is 9.54. The summed E-state index contributed by atoms with van der Waals surface area (Å²) in [6, 6.07) is 68.5. The zero-order valence-corrected chi connectivity index (χ0v) is 36.1. The van der Waals surface area contributed by atoms with E-state index in [2.05, 4.69) is 202 Å². The molecule has 18 rings (SSSR count). The van der Waals surface area contributed by atoms with Crippen molar-refractivity contribution in [1.29, 1.82) is 0 Å². The normalized spacial score (nSPS) is 13.8. The fourth-order valence-corrected chi connectivity index (χ4v) is 13.4. The number of ether oxygens (including phenoxy) is 2. The predicted molar refractivity (Wildman–Crippen MR) is 279 cm³/mol. The first-order valence-electron chi connectivity index (χ1n) is 23.5. The second kappa shape index (κ2) is 11.7. The van der Waals surface area contributed by atoms with Crippen molar-refractivity contribution < 1.29 is 13.9 Å². The van der Waals surface area contributed by atoms with Crippen LogP contribution in [0.4, 0.5) is 0 Å². The van der Waals surface area contributed by atoms with Gasteiger partial charge in [-0.05, 0) is 75.2 Å². The summed E-state index contributed by atoms with van der Waals surface area (Å²) in [6.07, 6.45) is 0. The molecule has 0 radical (unpaired) electrons. The maximum absolute atomic E-state index is 7.34. The third kappa shape index (κ3) is 3.93. The van der Waals surface area contributed by atoms with E-state index in [4.69, 9.17) is 13.9 Å². The van der Waals surface area contributed by atoms with Gasteiger partial charge in [-0.15, -0.1) is 0 Å². The lowest BCUT2D eigenvalue weighted by Crippen LogP contribution is -2.65. The van der Waals surface area contributed by atoms with Gasteiger partial charge < -0.3 is 27.6 Å². The molecule has 8 heteroatoms. The topological polar surface area (TPSA) is 46.4 Å². The summed E-state index contributed by atoms with van der Waals surface area (Å²) in [5.41, 5.74) is 19.4. The molecule has 310 valence electrons. The quantitative estimate of drug-likeness (QED) is 0.163. The smallest absolute Gasteiger partial charge is 0.256 e. The Hall–Kier alpha value is -8.87. The van der Waals surface area contributed by atoms with Gasteiger partial charge in [0.2, 0.25) is 0 Å². The number of para-hydroxylation sites is 6. The average Bonchev–Trinajstić information content (AvgIpc) is 4.13. The van der Waals surface area contributed by atoms with Gasteiger partial charge in [0, 0.05) is 78.5 Å². The lowest BCUT2D eigenvalue weighted by atomic mass is 9.30. The number of fused-ring (bicyclic) bond motifs is 17. The Balaban J connectivity index is 0.943. The molecule has 0 aliphatic carbocycles. The number of rotatable bonds is 2. The van der Waals surface area contributed by atoms with Crippen molar-refractivity contribution in [2.45, 2.75) is 0 Å². The van der Waals surface area contributed by atoms with Gasteiger partial charge in [0.15, 0.2) is 0 Å². The number of nitrogens with zero attached hydrogens (tertiary/aromatic N) is 3. The fraction of sp³-hybridized carbons (Fsp3) is 0. The van der Waals surface area contributed by atoms with Crippen molar-refractivity contribution in [3.8, 4) is 40.1 Å². The first kappa shape index (κ1) is 34.5. The van der Waals surface area contributed by atoms with Crippen LogP contribution in [0.15, 0.2) is 192 Å². The molecule has 0 atom stereocenters. The van der Waals surface area contributed by atoms with Crippen molar-refractivity contribution in [3.05, 3.63) is 188 Å². The second-order valence-corrected chi connectivity index (χ2v) is 19.0. The van der Waals surface area contributed by atoms with E-state index in [1.54, 1.807) is 0 Å². The maximum atomic E-state index is 7.34. The van der Waals surface area contributed by atoms with Gasteiger partial charge in [0.05, 0.1) is 33.0 Å². The maximum Gasteiger partial charge on any atom is 0.256 e. The Morgan fingerprint density at radius 2 is 0.838 bits per heavy atom. The average molecular weight is 864 g/mol. The number of benzene rings is 10. The molecule has 4 aliphatic heterocycles. The van der Waals surface area contributed by atoms with Crippen LogP contribution in [-0.2, 0) is 0 Å². The highest BCUT2D eigenvalue weighted by Gasteiger charge is 2.49. The summed E-state index contributed by atoms with van der Waals surface area (Å²) < 4.78 is 28.9. The van der Waals surface area contributed by atoms with Crippen LogP contribution in [0.1, 0.15) is 0 Å². The summed E-state index contributed by atoms with van der Waals surface area (Å²) in [6.45, 7) is -0.186. The number of furan rings is 1. The lowest BCUT2D eigenvalue weighted by molar-refractivity contribution is 0.465. The molecule has 0 saturated carbocycles. The molecule has 0 bridgehead atoms. The van der Waals surface area contributed by atoms with E-state index in [9.17, 15) is 0 Å². The van der Waals surface area contributed by atoms with Gasteiger partial charge in [-0.1, -0.05) is 127 Å². The zero-order chi connectivity index (χ0) is 43.7. The van der Waals surface area contributed by atoms with Crippen LogP contribution >= 0.6 is 0 Å². The Kier molecular flexibility index (Phi) is 5.95. The molecule has 4 aliphatic rings. The number of hydrogen-bond donors (Lipinski definition) is 0. The predicted octanol–water partition coefficient (Wildman–Crippen LogP) is 10.7. The molecule has 0 spiro atoms. The van der Waals surface area contributed by atoms with Crippen molar-refractivity contribution in [1.82, 2.24) is 13.7 Å². The van der Waals surface area contributed by atoms with Crippen LogP contribution in [0.25, 0.3) is 104 Å². The molecule has 68 heavy (non-hydrogen) atoms. The lowest BCUT2D eigenvalue weighted by Gasteiger charge is -2.40. The Labute approximate surface area is 387 Å². The second-order valence-electron chi connectivity index (χ2n) is 19.0. The minimum absolute atomic E-state index is 0.0748. The molecule has 10 aromatic carbocycles.